The second kappa shape index (κ2) is 9.52. The van der Waals surface area contributed by atoms with E-state index in [2.05, 4.69) is 15.4 Å². The predicted octanol–water partition coefficient (Wildman–Crippen LogP) is 4.94. The van der Waals surface area contributed by atoms with Crippen LogP contribution in [0.15, 0.2) is 41.7 Å². The Morgan fingerprint density at radius 2 is 1.97 bits per heavy atom. The average Bonchev–Trinajstić information content (AvgIpc) is 3.43. The molecule has 5 rings (SSSR count). The van der Waals surface area contributed by atoms with Gasteiger partial charge in [-0.1, -0.05) is 25.3 Å². The number of hydrogen-bond acceptors (Lipinski definition) is 7. The van der Waals surface area contributed by atoms with Crippen LogP contribution in [0, 0.1) is 0 Å². The first-order chi connectivity index (χ1) is 16.0. The number of alkyl halides is 1. The van der Waals surface area contributed by atoms with Gasteiger partial charge in [0.1, 0.15) is 11.9 Å². The number of nitrogens with zero attached hydrogens (tertiary/aromatic N) is 3. The Kier molecular flexibility index (Phi) is 6.49. The van der Waals surface area contributed by atoms with Gasteiger partial charge in [-0.25, -0.2) is 17.8 Å². The van der Waals surface area contributed by atoms with Crippen molar-refractivity contribution in [3.63, 3.8) is 0 Å². The van der Waals surface area contributed by atoms with Crippen LogP contribution in [0.5, 0.6) is 0 Å². The van der Waals surface area contributed by atoms with E-state index in [4.69, 9.17) is 4.74 Å². The van der Waals surface area contributed by atoms with Gasteiger partial charge < -0.3 is 10.1 Å². The third kappa shape index (κ3) is 4.69. The van der Waals surface area contributed by atoms with Crippen molar-refractivity contribution in [2.75, 3.05) is 25.2 Å². The van der Waals surface area contributed by atoms with Crippen molar-refractivity contribution in [3.8, 4) is 10.4 Å². The first-order valence-corrected chi connectivity index (χ1v) is 13.7. The third-order valence-corrected chi connectivity index (χ3v) is 9.61. The number of hydrogen-bond donors (Lipinski definition) is 1. The highest BCUT2D eigenvalue weighted by atomic mass is 32.2. The van der Waals surface area contributed by atoms with Crippen LogP contribution in [0.2, 0.25) is 0 Å². The van der Waals surface area contributed by atoms with E-state index in [1.165, 1.54) is 23.9 Å². The molecule has 176 valence electrons. The molecule has 1 aromatic carbocycles. The van der Waals surface area contributed by atoms with Gasteiger partial charge in [-0.15, -0.1) is 11.3 Å². The number of aryl methyl sites for hydroxylation is 1. The summed E-state index contributed by atoms with van der Waals surface area (Å²) in [4.78, 5) is 5.83. The van der Waals surface area contributed by atoms with Crippen LogP contribution in [0.3, 0.4) is 0 Å². The maximum atomic E-state index is 13.4. The summed E-state index contributed by atoms with van der Waals surface area (Å²) in [5, 5.41) is 7.86. The summed E-state index contributed by atoms with van der Waals surface area (Å²) in [5.41, 5.74) is 1.98. The number of sulfone groups is 1. The number of rotatable bonds is 8. The van der Waals surface area contributed by atoms with Gasteiger partial charge in [-0.2, -0.15) is 5.10 Å². The van der Waals surface area contributed by atoms with Crippen LogP contribution < -0.4 is 5.32 Å². The van der Waals surface area contributed by atoms with E-state index in [9.17, 15) is 12.8 Å². The van der Waals surface area contributed by atoms with Gasteiger partial charge in [-0.3, -0.25) is 4.68 Å². The molecule has 0 atom stereocenters. The largest absolute Gasteiger partial charge is 0.379 e. The normalized spacial score (nSPS) is 17.7. The number of halogens is 1. The minimum absolute atomic E-state index is 0.177. The Labute approximate surface area is 196 Å². The molecule has 7 nitrogen and oxygen atoms in total. The average molecular weight is 491 g/mol. The van der Waals surface area contributed by atoms with E-state index >= 15 is 0 Å². The van der Waals surface area contributed by atoms with E-state index < -0.39 is 21.8 Å². The van der Waals surface area contributed by atoms with Crippen molar-refractivity contribution in [1.82, 2.24) is 14.8 Å². The highest BCUT2D eigenvalue weighted by Gasteiger charge is 2.36. The molecule has 3 aromatic rings. The lowest BCUT2D eigenvalue weighted by molar-refractivity contribution is 0.0416. The number of aromatic nitrogens is 3. The fourth-order valence-corrected chi connectivity index (χ4v) is 7.24. The van der Waals surface area contributed by atoms with Gasteiger partial charge in [0.05, 0.1) is 46.4 Å². The van der Waals surface area contributed by atoms with Crippen LogP contribution in [-0.4, -0.2) is 48.3 Å². The van der Waals surface area contributed by atoms with Crippen LogP contribution in [0.4, 0.5) is 15.8 Å². The second-order valence-corrected chi connectivity index (χ2v) is 11.9. The molecule has 2 fully saturated rings. The maximum absolute atomic E-state index is 13.4. The van der Waals surface area contributed by atoms with Gasteiger partial charge in [0.15, 0.2) is 9.84 Å². The van der Waals surface area contributed by atoms with Crippen molar-refractivity contribution >= 4 is 32.5 Å². The molecule has 1 aliphatic carbocycles. The van der Waals surface area contributed by atoms with Gasteiger partial charge in [0, 0.05) is 29.6 Å². The smallest absolute Gasteiger partial charge is 0.186 e. The van der Waals surface area contributed by atoms with Crippen LogP contribution in [0.1, 0.15) is 43.0 Å². The molecule has 3 heterocycles. The highest BCUT2D eigenvalue weighted by molar-refractivity contribution is 7.92. The van der Waals surface area contributed by atoms with E-state index in [0.717, 1.165) is 22.7 Å². The Morgan fingerprint density at radius 1 is 1.15 bits per heavy atom. The Morgan fingerprint density at radius 3 is 2.70 bits per heavy atom. The van der Waals surface area contributed by atoms with E-state index in [0.29, 0.717) is 22.9 Å². The zero-order chi connectivity index (χ0) is 22.8. The van der Waals surface area contributed by atoms with Gasteiger partial charge in [0.2, 0.25) is 0 Å². The number of benzene rings is 1. The standard InChI is InChI=1S/C23H27FN4O3S2/c24-8-9-28-13-18(11-26-28)27-17-6-7-20(22(10-17)33(29,30)19-14-31-15-19)21-12-25-23(32-21)16-4-2-1-3-5-16/h6-7,10-13,16,19,27H,1-5,8-9,14-15H2. The first kappa shape index (κ1) is 22.5. The van der Waals surface area contributed by atoms with Gasteiger partial charge >= 0.3 is 0 Å². The van der Waals surface area contributed by atoms with Crippen molar-refractivity contribution in [3.05, 3.63) is 41.8 Å². The van der Waals surface area contributed by atoms with Crippen molar-refractivity contribution in [2.45, 2.75) is 54.7 Å². The van der Waals surface area contributed by atoms with E-state index in [1.54, 1.807) is 29.8 Å². The number of thiazole rings is 1. The third-order valence-electron chi connectivity index (χ3n) is 6.31. The maximum Gasteiger partial charge on any atom is 0.186 e. The molecule has 1 aliphatic heterocycles. The van der Waals surface area contributed by atoms with Crippen LogP contribution >= 0.6 is 11.3 Å². The van der Waals surface area contributed by atoms with Crippen LogP contribution in [-0.2, 0) is 21.1 Å². The molecule has 33 heavy (non-hydrogen) atoms. The topological polar surface area (TPSA) is 86.1 Å². The van der Waals surface area contributed by atoms with Crippen LogP contribution in [0.25, 0.3) is 10.4 Å². The Bertz CT molecular complexity index is 1210. The highest BCUT2D eigenvalue weighted by Crippen LogP contribution is 2.41. The zero-order valence-electron chi connectivity index (χ0n) is 18.2. The predicted molar refractivity (Wildman–Crippen MR) is 127 cm³/mol. The number of anilines is 2. The molecule has 2 aromatic heterocycles. The zero-order valence-corrected chi connectivity index (χ0v) is 19.9. The lowest BCUT2D eigenvalue weighted by Gasteiger charge is -2.26. The summed E-state index contributed by atoms with van der Waals surface area (Å²) in [7, 11) is -3.57. The van der Waals surface area contributed by atoms with E-state index in [-0.39, 0.29) is 24.7 Å². The molecule has 2 aliphatic rings. The van der Waals surface area contributed by atoms with Crippen molar-refractivity contribution in [2.24, 2.45) is 0 Å². The molecule has 0 amide bonds. The van der Waals surface area contributed by atoms with Crippen molar-refractivity contribution < 1.29 is 17.5 Å². The number of nitrogens with one attached hydrogen (secondary N) is 1. The minimum atomic E-state index is -3.57. The summed E-state index contributed by atoms with van der Waals surface area (Å²) >= 11 is 1.60. The molecule has 1 saturated carbocycles. The van der Waals surface area contributed by atoms with Gasteiger partial charge in [-0.05, 0) is 25.0 Å². The quantitative estimate of drug-likeness (QED) is 0.481. The number of ether oxygens (including phenoxy) is 1. The Balaban J connectivity index is 1.48. The molecule has 10 heteroatoms. The fourth-order valence-electron chi connectivity index (χ4n) is 4.37. The molecule has 1 saturated heterocycles. The van der Waals surface area contributed by atoms with Gasteiger partial charge in [0.25, 0.3) is 0 Å². The molecule has 0 unspecified atom stereocenters. The molecular formula is C23H27FN4O3S2. The fraction of sp³-hybridized carbons (Fsp3) is 0.478. The van der Waals surface area contributed by atoms with Crippen molar-refractivity contribution in [1.29, 1.82) is 0 Å². The van der Waals surface area contributed by atoms with E-state index in [1.807, 2.05) is 18.3 Å². The molecule has 1 N–H and O–H groups in total. The molecule has 0 radical (unpaired) electrons. The lowest BCUT2D eigenvalue weighted by Crippen LogP contribution is -2.40. The Hall–Kier alpha value is -2.30. The summed E-state index contributed by atoms with van der Waals surface area (Å²) in [6, 6.07) is 5.38. The molecule has 0 bridgehead atoms. The molecular weight excluding hydrogens is 463 g/mol. The summed E-state index contributed by atoms with van der Waals surface area (Å²) in [6.07, 6.45) is 11.1. The summed E-state index contributed by atoms with van der Waals surface area (Å²) < 4.78 is 46.1. The lowest BCUT2D eigenvalue weighted by atomic mass is 9.90. The first-order valence-electron chi connectivity index (χ1n) is 11.3. The second-order valence-electron chi connectivity index (χ2n) is 8.62. The SMILES string of the molecule is O=S(=O)(c1cc(Nc2cnn(CCF)c2)ccc1-c1cnc(C2CCCCC2)s1)C1COC1. The minimum Gasteiger partial charge on any atom is -0.379 e. The summed E-state index contributed by atoms with van der Waals surface area (Å²) in [5.74, 6) is 0.472. The monoisotopic (exact) mass is 490 g/mol. The summed E-state index contributed by atoms with van der Waals surface area (Å²) in [6.45, 7) is 0.104. The molecule has 0 spiro atoms.